The van der Waals surface area contributed by atoms with Crippen LogP contribution in [0.25, 0.3) is 5.65 Å². The lowest BCUT2D eigenvalue weighted by atomic mass is 10.1. The van der Waals surface area contributed by atoms with Gasteiger partial charge in [0.2, 0.25) is 0 Å². The Bertz CT molecular complexity index is 469. The van der Waals surface area contributed by atoms with E-state index in [0.29, 0.717) is 5.92 Å². The SMILES string of the molecule is Cc1nn(C)c2cc(C(C)C)cc[n+]12. The van der Waals surface area contributed by atoms with E-state index in [1.807, 2.05) is 18.7 Å². The van der Waals surface area contributed by atoms with E-state index in [9.17, 15) is 0 Å². The molecule has 0 N–H and O–H groups in total. The van der Waals surface area contributed by atoms with Crippen LogP contribution in [0.5, 0.6) is 0 Å². The van der Waals surface area contributed by atoms with E-state index >= 15 is 0 Å². The van der Waals surface area contributed by atoms with Crippen LogP contribution in [0, 0.1) is 6.92 Å². The van der Waals surface area contributed by atoms with Gasteiger partial charge in [-0.2, -0.15) is 0 Å². The van der Waals surface area contributed by atoms with Gasteiger partial charge in [-0.1, -0.05) is 13.8 Å². The zero-order valence-corrected chi connectivity index (χ0v) is 9.15. The molecule has 3 heteroatoms. The Morgan fingerprint density at radius 1 is 1.43 bits per heavy atom. The molecule has 0 amide bonds. The van der Waals surface area contributed by atoms with Gasteiger partial charge in [-0.25, -0.2) is 4.40 Å². The summed E-state index contributed by atoms with van der Waals surface area (Å²) in [6, 6.07) is 4.36. The number of rotatable bonds is 1. The maximum atomic E-state index is 4.37. The number of aryl methyl sites for hydroxylation is 2. The largest absolute Gasteiger partial charge is 0.279 e. The molecule has 0 saturated carbocycles. The highest BCUT2D eigenvalue weighted by Gasteiger charge is 2.13. The summed E-state index contributed by atoms with van der Waals surface area (Å²) < 4.78 is 4.02. The molecule has 0 saturated heterocycles. The predicted molar refractivity (Wildman–Crippen MR) is 55.2 cm³/mol. The van der Waals surface area contributed by atoms with Crippen LogP contribution >= 0.6 is 0 Å². The third-order valence-corrected chi connectivity index (χ3v) is 2.60. The first-order valence-corrected chi connectivity index (χ1v) is 4.94. The Labute approximate surface area is 84.0 Å². The smallest absolute Gasteiger partial charge is 0.201 e. The highest BCUT2D eigenvalue weighted by molar-refractivity contribution is 5.34. The van der Waals surface area contributed by atoms with Crippen LogP contribution in [-0.2, 0) is 7.05 Å². The first-order chi connectivity index (χ1) is 6.59. The summed E-state index contributed by atoms with van der Waals surface area (Å²) in [5.74, 6) is 1.59. The summed E-state index contributed by atoms with van der Waals surface area (Å²) in [5.41, 5.74) is 2.50. The van der Waals surface area contributed by atoms with Gasteiger partial charge in [-0.3, -0.25) is 0 Å². The average Bonchev–Trinajstić information content (AvgIpc) is 2.42. The fourth-order valence-corrected chi connectivity index (χ4v) is 1.70. The molecule has 3 nitrogen and oxygen atoms in total. The Kier molecular flexibility index (Phi) is 2.02. The quantitative estimate of drug-likeness (QED) is 0.626. The number of fused-ring (bicyclic) bond motifs is 1. The van der Waals surface area contributed by atoms with Gasteiger partial charge >= 0.3 is 0 Å². The van der Waals surface area contributed by atoms with E-state index in [1.54, 1.807) is 0 Å². The molecular formula is C11H16N3+. The molecule has 0 aromatic carbocycles. The number of aromatic nitrogens is 3. The van der Waals surface area contributed by atoms with Crippen molar-refractivity contribution in [2.45, 2.75) is 26.7 Å². The molecule has 0 atom stereocenters. The van der Waals surface area contributed by atoms with E-state index in [4.69, 9.17) is 0 Å². The molecule has 0 radical (unpaired) electrons. The standard InChI is InChI=1S/C11H16N3/c1-8(2)10-5-6-14-9(3)12-13(4)11(14)7-10/h5-8H,1-4H3/q+1. The Morgan fingerprint density at radius 2 is 2.14 bits per heavy atom. The molecule has 14 heavy (non-hydrogen) atoms. The lowest BCUT2D eigenvalue weighted by molar-refractivity contribution is -0.520. The van der Waals surface area contributed by atoms with Crippen molar-refractivity contribution in [3.63, 3.8) is 0 Å². The molecule has 74 valence electrons. The normalized spacial score (nSPS) is 11.5. The molecule has 0 unspecified atom stereocenters. The second-order valence-electron chi connectivity index (χ2n) is 4.01. The fraction of sp³-hybridized carbons (Fsp3) is 0.455. The average molecular weight is 190 g/mol. The van der Waals surface area contributed by atoms with Gasteiger partial charge in [-0.15, -0.1) is 4.68 Å². The maximum Gasteiger partial charge on any atom is 0.279 e. The van der Waals surface area contributed by atoms with Crippen molar-refractivity contribution in [1.82, 2.24) is 9.78 Å². The summed E-state index contributed by atoms with van der Waals surface area (Å²) >= 11 is 0. The van der Waals surface area contributed by atoms with Crippen molar-refractivity contribution < 1.29 is 4.40 Å². The van der Waals surface area contributed by atoms with Gasteiger partial charge in [0.15, 0.2) is 0 Å². The van der Waals surface area contributed by atoms with Gasteiger partial charge < -0.3 is 0 Å². The van der Waals surface area contributed by atoms with Crippen LogP contribution < -0.4 is 4.40 Å². The topological polar surface area (TPSA) is 21.9 Å². The molecule has 0 aliphatic carbocycles. The zero-order valence-electron chi connectivity index (χ0n) is 9.15. The lowest BCUT2D eigenvalue weighted by Crippen LogP contribution is -2.22. The van der Waals surface area contributed by atoms with E-state index in [-0.39, 0.29) is 0 Å². The van der Waals surface area contributed by atoms with Gasteiger partial charge in [0.1, 0.15) is 0 Å². The van der Waals surface area contributed by atoms with E-state index < -0.39 is 0 Å². The lowest BCUT2D eigenvalue weighted by Gasteiger charge is -2.02. The number of hydrogen-bond acceptors (Lipinski definition) is 1. The molecular weight excluding hydrogens is 174 g/mol. The summed E-state index contributed by atoms with van der Waals surface area (Å²) in [6.45, 7) is 6.42. The molecule has 0 spiro atoms. The van der Waals surface area contributed by atoms with Crippen LogP contribution in [0.1, 0.15) is 31.2 Å². The van der Waals surface area contributed by atoms with Crippen molar-refractivity contribution in [1.29, 1.82) is 0 Å². The van der Waals surface area contributed by atoms with Gasteiger partial charge in [0.25, 0.3) is 11.5 Å². The van der Waals surface area contributed by atoms with Gasteiger partial charge in [0.05, 0.1) is 13.2 Å². The van der Waals surface area contributed by atoms with Crippen LogP contribution in [0.15, 0.2) is 18.3 Å². The minimum atomic E-state index is 0.565. The number of pyridine rings is 1. The maximum absolute atomic E-state index is 4.37. The van der Waals surface area contributed by atoms with Crippen LogP contribution in [0.2, 0.25) is 0 Å². The third-order valence-electron chi connectivity index (χ3n) is 2.60. The molecule has 2 heterocycles. The highest BCUT2D eigenvalue weighted by atomic mass is 15.3. The number of hydrogen-bond donors (Lipinski definition) is 0. The summed E-state index contributed by atoms with van der Waals surface area (Å²) in [4.78, 5) is 0. The number of nitrogens with zero attached hydrogens (tertiary/aromatic N) is 3. The minimum absolute atomic E-state index is 0.565. The van der Waals surface area contributed by atoms with Crippen LogP contribution in [-0.4, -0.2) is 9.78 Å². The van der Waals surface area contributed by atoms with Gasteiger partial charge in [0, 0.05) is 18.1 Å². The monoisotopic (exact) mass is 190 g/mol. The first kappa shape index (κ1) is 9.19. The summed E-state index contributed by atoms with van der Waals surface area (Å²) in [6.07, 6.45) is 2.09. The van der Waals surface area contributed by atoms with E-state index in [2.05, 4.69) is 41.7 Å². The Morgan fingerprint density at radius 3 is 2.79 bits per heavy atom. The van der Waals surface area contributed by atoms with E-state index in [1.165, 1.54) is 5.56 Å². The molecule has 0 aliphatic rings. The fourth-order valence-electron chi connectivity index (χ4n) is 1.70. The van der Waals surface area contributed by atoms with Crippen molar-refractivity contribution >= 4 is 5.65 Å². The van der Waals surface area contributed by atoms with E-state index in [0.717, 1.165) is 11.5 Å². The molecule has 0 aliphatic heterocycles. The Hall–Kier alpha value is -1.38. The third kappa shape index (κ3) is 1.29. The first-order valence-electron chi connectivity index (χ1n) is 4.94. The summed E-state index contributed by atoms with van der Waals surface area (Å²) in [7, 11) is 1.98. The van der Waals surface area contributed by atoms with Crippen LogP contribution in [0.4, 0.5) is 0 Å². The zero-order chi connectivity index (χ0) is 10.3. The molecule has 0 fully saturated rings. The van der Waals surface area contributed by atoms with Crippen molar-refractivity contribution in [3.8, 4) is 0 Å². The van der Waals surface area contributed by atoms with Crippen molar-refractivity contribution in [2.24, 2.45) is 7.05 Å². The van der Waals surface area contributed by atoms with Crippen LogP contribution in [0.3, 0.4) is 0 Å². The van der Waals surface area contributed by atoms with Gasteiger partial charge in [-0.05, 0) is 17.5 Å². The predicted octanol–water partition coefficient (Wildman–Crippen LogP) is 1.59. The van der Waals surface area contributed by atoms with Crippen molar-refractivity contribution in [3.05, 3.63) is 29.7 Å². The Balaban J connectivity index is 2.71. The second-order valence-corrected chi connectivity index (χ2v) is 4.01. The van der Waals surface area contributed by atoms with Crippen molar-refractivity contribution in [2.75, 3.05) is 0 Å². The minimum Gasteiger partial charge on any atom is -0.201 e. The highest BCUT2D eigenvalue weighted by Crippen LogP contribution is 2.13. The molecule has 2 aromatic heterocycles. The summed E-state index contributed by atoms with van der Waals surface area (Å²) in [5, 5.41) is 4.37. The molecule has 0 bridgehead atoms. The second kappa shape index (κ2) is 3.08. The molecule has 2 rings (SSSR count). The molecule has 2 aromatic rings.